The highest BCUT2D eigenvalue weighted by atomic mass is 28.3. The normalized spacial score (nSPS) is 13.7. The summed E-state index contributed by atoms with van der Waals surface area (Å²) in [5.41, 5.74) is 4.14. The van der Waals surface area contributed by atoms with E-state index in [1.165, 1.54) is 53.8 Å². The molecule has 0 N–H and O–H groups in total. The molecule has 0 amide bonds. The topological polar surface area (TPSA) is 0 Å². The number of benzene rings is 6. The molecule has 6 aromatic carbocycles. The van der Waals surface area contributed by atoms with Gasteiger partial charge < -0.3 is 0 Å². The lowest BCUT2D eigenvalue weighted by molar-refractivity contribution is 1.51. The summed E-state index contributed by atoms with van der Waals surface area (Å²) in [5, 5.41) is 11.4. The largest absolute Gasteiger partial charge is 0.181 e. The van der Waals surface area contributed by atoms with E-state index in [-0.39, 0.29) is 0 Å². The lowest BCUT2D eigenvalue weighted by Gasteiger charge is -2.32. The number of rotatable bonds is 2. The van der Waals surface area contributed by atoms with Crippen molar-refractivity contribution in [3.05, 3.63) is 133 Å². The Kier molecular flexibility index (Phi) is 4.18. The van der Waals surface area contributed by atoms with Crippen molar-refractivity contribution < 1.29 is 0 Å². The minimum atomic E-state index is -2.52. The van der Waals surface area contributed by atoms with Crippen molar-refractivity contribution in [1.29, 1.82) is 0 Å². The molecular formula is C33H24Si. The van der Waals surface area contributed by atoms with Gasteiger partial charge in [-0.2, -0.15) is 0 Å². The van der Waals surface area contributed by atoms with Gasteiger partial charge in [-0.15, -0.1) is 0 Å². The summed E-state index contributed by atoms with van der Waals surface area (Å²) in [7, 11) is -2.52. The van der Waals surface area contributed by atoms with Crippen LogP contribution in [0.2, 0.25) is 0 Å². The van der Waals surface area contributed by atoms with Crippen LogP contribution in [0.3, 0.4) is 0 Å². The molecule has 6 aromatic rings. The zero-order valence-corrected chi connectivity index (χ0v) is 20.1. The Morgan fingerprint density at radius 3 is 1.76 bits per heavy atom. The van der Waals surface area contributed by atoms with Gasteiger partial charge in [0.05, 0.1) is 0 Å². The first kappa shape index (κ1) is 19.5. The van der Waals surface area contributed by atoms with E-state index in [0.717, 1.165) is 0 Å². The van der Waals surface area contributed by atoms with Crippen LogP contribution in [0.15, 0.2) is 127 Å². The third-order valence-electron chi connectivity index (χ3n) is 7.57. The van der Waals surface area contributed by atoms with Gasteiger partial charge in [0.2, 0.25) is 0 Å². The summed E-state index contributed by atoms with van der Waals surface area (Å²) < 4.78 is 0. The van der Waals surface area contributed by atoms with E-state index in [2.05, 4.69) is 134 Å². The average Bonchev–Trinajstić information content (AvgIpc) is 3.22. The molecule has 0 saturated heterocycles. The van der Waals surface area contributed by atoms with Crippen LogP contribution >= 0.6 is 0 Å². The maximum absolute atomic E-state index is 2.52. The van der Waals surface area contributed by atoms with Crippen LogP contribution in [0.1, 0.15) is 5.56 Å². The summed E-state index contributed by atoms with van der Waals surface area (Å²) in [5.74, 6) is 0. The summed E-state index contributed by atoms with van der Waals surface area (Å²) in [6, 6.07) is 47.8. The maximum atomic E-state index is 2.40. The average molecular weight is 449 g/mol. The van der Waals surface area contributed by atoms with Crippen LogP contribution in [-0.4, -0.2) is 8.07 Å². The van der Waals surface area contributed by atoms with Gasteiger partial charge in [-0.25, -0.2) is 0 Å². The van der Waals surface area contributed by atoms with Crippen molar-refractivity contribution in [2.45, 2.75) is 6.92 Å². The number of hydrogen-bond acceptors (Lipinski definition) is 0. The van der Waals surface area contributed by atoms with E-state index in [4.69, 9.17) is 0 Å². The van der Waals surface area contributed by atoms with Crippen molar-refractivity contribution in [2.75, 3.05) is 0 Å². The molecule has 0 unspecified atom stereocenters. The number of hydrogen-bond donors (Lipinski definition) is 0. The van der Waals surface area contributed by atoms with E-state index >= 15 is 0 Å². The fourth-order valence-electron chi connectivity index (χ4n) is 6.28. The highest BCUT2D eigenvalue weighted by Gasteiger charge is 2.50. The van der Waals surface area contributed by atoms with Gasteiger partial charge in [0.15, 0.2) is 8.07 Å². The van der Waals surface area contributed by atoms with Gasteiger partial charge in [0.1, 0.15) is 0 Å². The highest BCUT2D eigenvalue weighted by molar-refractivity contribution is 7.23. The second-order valence-corrected chi connectivity index (χ2v) is 13.1. The summed E-state index contributed by atoms with van der Waals surface area (Å²) in [4.78, 5) is 0. The minimum absolute atomic E-state index is 1.31. The second kappa shape index (κ2) is 7.28. The molecule has 0 fully saturated rings. The van der Waals surface area contributed by atoms with Crippen LogP contribution < -0.4 is 20.7 Å². The SMILES string of the molecule is Cc1ccc2c3c(c4ccccc4c2c1)-c1ccccc1[Si]3(c1ccccc1)c1ccccc1. The molecule has 1 aliphatic rings. The molecule has 0 bridgehead atoms. The Hall–Kier alpha value is -3.94. The van der Waals surface area contributed by atoms with Crippen molar-refractivity contribution in [2.24, 2.45) is 0 Å². The molecule has 0 nitrogen and oxygen atoms in total. The molecule has 0 atom stereocenters. The minimum Gasteiger partial charge on any atom is -0.0623 e. The van der Waals surface area contributed by atoms with Gasteiger partial charge in [-0.05, 0) is 60.3 Å². The fraction of sp³-hybridized carbons (Fsp3) is 0.0303. The number of fused-ring (bicyclic) bond motifs is 8. The summed E-state index contributed by atoms with van der Waals surface area (Å²) >= 11 is 0. The predicted molar refractivity (Wildman–Crippen MR) is 149 cm³/mol. The Morgan fingerprint density at radius 1 is 0.471 bits per heavy atom. The van der Waals surface area contributed by atoms with E-state index in [0.29, 0.717) is 0 Å². The van der Waals surface area contributed by atoms with Gasteiger partial charge in [0, 0.05) is 0 Å². The smallest absolute Gasteiger partial charge is 0.0623 e. The molecule has 1 aliphatic heterocycles. The zero-order valence-electron chi connectivity index (χ0n) is 19.1. The quantitative estimate of drug-likeness (QED) is 0.236. The monoisotopic (exact) mass is 448 g/mol. The van der Waals surface area contributed by atoms with E-state index in [1.807, 2.05) is 0 Å². The van der Waals surface area contributed by atoms with Crippen LogP contribution in [0.5, 0.6) is 0 Å². The predicted octanol–water partition coefficient (Wildman–Crippen LogP) is 5.66. The van der Waals surface area contributed by atoms with Crippen LogP contribution in [0, 0.1) is 6.92 Å². The molecule has 0 spiro atoms. The van der Waals surface area contributed by atoms with Gasteiger partial charge in [-0.3, -0.25) is 0 Å². The first-order valence-corrected chi connectivity index (χ1v) is 14.0. The Morgan fingerprint density at radius 2 is 1.06 bits per heavy atom. The third-order valence-corrected chi connectivity index (χ3v) is 12.5. The van der Waals surface area contributed by atoms with Crippen LogP contribution in [0.25, 0.3) is 32.7 Å². The lowest BCUT2D eigenvalue weighted by Crippen LogP contribution is -2.73. The molecule has 0 aromatic heterocycles. The first-order chi connectivity index (χ1) is 16.8. The molecular weight excluding hydrogens is 424 g/mol. The number of aryl methyl sites for hydroxylation is 1. The molecule has 0 saturated carbocycles. The van der Waals surface area contributed by atoms with Gasteiger partial charge >= 0.3 is 0 Å². The third kappa shape index (κ3) is 2.48. The maximum Gasteiger partial charge on any atom is 0.181 e. The molecule has 1 heteroatoms. The molecule has 0 aliphatic carbocycles. The summed E-state index contributed by atoms with van der Waals surface area (Å²) in [6.45, 7) is 2.20. The first-order valence-electron chi connectivity index (χ1n) is 12.0. The van der Waals surface area contributed by atoms with E-state index in [9.17, 15) is 0 Å². The Balaban J connectivity index is 1.81. The molecule has 34 heavy (non-hydrogen) atoms. The Bertz CT molecular complexity index is 1660. The van der Waals surface area contributed by atoms with Crippen LogP contribution in [-0.2, 0) is 0 Å². The molecule has 1 heterocycles. The van der Waals surface area contributed by atoms with E-state index < -0.39 is 8.07 Å². The fourth-order valence-corrected chi connectivity index (χ4v) is 11.7. The lowest BCUT2D eigenvalue weighted by atomic mass is 9.92. The van der Waals surface area contributed by atoms with Crippen molar-refractivity contribution >= 4 is 50.4 Å². The molecule has 160 valence electrons. The van der Waals surface area contributed by atoms with E-state index in [1.54, 1.807) is 5.19 Å². The summed E-state index contributed by atoms with van der Waals surface area (Å²) in [6.07, 6.45) is 0. The van der Waals surface area contributed by atoms with Gasteiger partial charge in [-0.1, -0.05) is 133 Å². The second-order valence-electron chi connectivity index (χ2n) is 9.37. The van der Waals surface area contributed by atoms with Crippen molar-refractivity contribution in [3.8, 4) is 11.1 Å². The van der Waals surface area contributed by atoms with Gasteiger partial charge in [0.25, 0.3) is 0 Å². The molecule has 0 radical (unpaired) electrons. The van der Waals surface area contributed by atoms with Crippen molar-refractivity contribution in [1.82, 2.24) is 0 Å². The molecule has 7 rings (SSSR count). The van der Waals surface area contributed by atoms with Crippen LogP contribution in [0.4, 0.5) is 0 Å². The van der Waals surface area contributed by atoms with Crippen molar-refractivity contribution in [3.63, 3.8) is 0 Å². The standard InChI is InChI=1S/C33H24Si/c1-23-20-21-28-30(22-23)26-16-8-9-17-27(26)32-29-18-10-11-19-31(29)34(33(28)32,24-12-4-2-5-13-24)25-14-6-3-7-15-25/h2-22H,1H3. The zero-order chi connectivity index (χ0) is 22.7. The highest BCUT2D eigenvalue weighted by Crippen LogP contribution is 2.39. The Labute approximate surface area is 201 Å².